The molecular weight excluding hydrogens is 268 g/mol. The van der Waals surface area contributed by atoms with E-state index in [4.69, 9.17) is 0 Å². The number of rotatable bonds is 3. The summed E-state index contributed by atoms with van der Waals surface area (Å²) in [6.07, 6.45) is 1.37. The Balaban J connectivity index is 2.07. The van der Waals surface area contributed by atoms with Crippen LogP contribution in [-0.4, -0.2) is 37.1 Å². The van der Waals surface area contributed by atoms with Gasteiger partial charge < -0.3 is 15.0 Å². The third-order valence-electron chi connectivity index (χ3n) is 4.06. The molecule has 21 heavy (non-hydrogen) atoms. The second kappa shape index (κ2) is 6.61. The highest BCUT2D eigenvalue weighted by Gasteiger charge is 2.30. The van der Waals surface area contributed by atoms with Crippen LogP contribution >= 0.6 is 0 Å². The van der Waals surface area contributed by atoms with Crippen molar-refractivity contribution in [3.8, 4) is 0 Å². The number of ether oxygens (including phenoxy) is 1. The molecule has 1 aliphatic rings. The standard InChI is InChI=1S/C16H22N2O3/c1-11-6-7-13(9-12(11)2)14-5-4-8-18(14)15(19)10-17-16(20)21-3/h6-7,9,14H,4-5,8,10H2,1-3H3,(H,17,20)/t14-/m1/s1. The summed E-state index contributed by atoms with van der Waals surface area (Å²) >= 11 is 0. The van der Waals surface area contributed by atoms with Gasteiger partial charge in [0.2, 0.25) is 5.91 Å². The average Bonchev–Trinajstić information content (AvgIpc) is 2.96. The average molecular weight is 290 g/mol. The van der Waals surface area contributed by atoms with Crippen LogP contribution in [0.1, 0.15) is 35.6 Å². The van der Waals surface area contributed by atoms with Crippen LogP contribution in [0.3, 0.4) is 0 Å². The van der Waals surface area contributed by atoms with E-state index in [9.17, 15) is 9.59 Å². The molecule has 1 aromatic carbocycles. The molecule has 5 heteroatoms. The van der Waals surface area contributed by atoms with Crippen molar-refractivity contribution in [2.45, 2.75) is 32.7 Å². The Morgan fingerprint density at radius 3 is 2.76 bits per heavy atom. The number of benzene rings is 1. The van der Waals surface area contributed by atoms with E-state index >= 15 is 0 Å². The number of carbonyl (C=O) groups excluding carboxylic acids is 2. The van der Waals surface area contributed by atoms with Crippen molar-refractivity contribution < 1.29 is 14.3 Å². The molecule has 2 amide bonds. The van der Waals surface area contributed by atoms with Gasteiger partial charge >= 0.3 is 6.09 Å². The van der Waals surface area contributed by atoms with Gasteiger partial charge in [-0.1, -0.05) is 18.2 Å². The minimum absolute atomic E-state index is 0.0198. The van der Waals surface area contributed by atoms with E-state index in [-0.39, 0.29) is 18.5 Å². The van der Waals surface area contributed by atoms with E-state index in [1.54, 1.807) is 0 Å². The molecule has 0 spiro atoms. The van der Waals surface area contributed by atoms with Gasteiger partial charge in [0.1, 0.15) is 6.54 Å². The van der Waals surface area contributed by atoms with Gasteiger partial charge in [0.15, 0.2) is 0 Å². The van der Waals surface area contributed by atoms with Gasteiger partial charge in [-0.2, -0.15) is 0 Å². The monoisotopic (exact) mass is 290 g/mol. The molecule has 114 valence electrons. The van der Waals surface area contributed by atoms with E-state index in [2.05, 4.69) is 42.1 Å². The third-order valence-corrected chi connectivity index (χ3v) is 4.06. The van der Waals surface area contributed by atoms with E-state index in [0.717, 1.165) is 19.4 Å². The zero-order valence-corrected chi connectivity index (χ0v) is 12.8. The van der Waals surface area contributed by atoms with Crippen molar-refractivity contribution in [3.05, 3.63) is 34.9 Å². The quantitative estimate of drug-likeness (QED) is 0.929. The number of alkyl carbamates (subject to hydrolysis) is 1. The molecule has 0 aromatic heterocycles. The SMILES string of the molecule is COC(=O)NCC(=O)N1CCC[C@@H]1c1ccc(C)c(C)c1. The van der Waals surface area contributed by atoms with Gasteiger partial charge in [0, 0.05) is 6.54 Å². The predicted octanol–water partition coefficient (Wildman–Crippen LogP) is 2.32. The van der Waals surface area contributed by atoms with Crippen molar-refractivity contribution in [1.82, 2.24) is 10.2 Å². The van der Waals surface area contributed by atoms with Crippen molar-refractivity contribution in [2.24, 2.45) is 0 Å². The summed E-state index contributed by atoms with van der Waals surface area (Å²) in [4.78, 5) is 25.2. The molecule has 1 fully saturated rings. The van der Waals surface area contributed by atoms with Crippen LogP contribution in [0.5, 0.6) is 0 Å². The van der Waals surface area contributed by atoms with Gasteiger partial charge in [-0.3, -0.25) is 4.79 Å². The maximum atomic E-state index is 12.3. The summed E-state index contributed by atoms with van der Waals surface area (Å²) in [6, 6.07) is 6.44. The molecular formula is C16H22N2O3. The molecule has 1 aliphatic heterocycles. The van der Waals surface area contributed by atoms with Crippen molar-refractivity contribution in [3.63, 3.8) is 0 Å². The molecule has 1 aromatic rings. The Kier molecular flexibility index (Phi) is 4.83. The minimum atomic E-state index is -0.578. The van der Waals surface area contributed by atoms with Crippen LogP contribution in [-0.2, 0) is 9.53 Å². The van der Waals surface area contributed by atoms with E-state index < -0.39 is 6.09 Å². The molecule has 1 atom stereocenters. The summed E-state index contributed by atoms with van der Waals surface area (Å²) in [5, 5.41) is 2.45. The largest absolute Gasteiger partial charge is 0.453 e. The second-order valence-corrected chi connectivity index (χ2v) is 5.43. The Hall–Kier alpha value is -2.04. The molecule has 1 N–H and O–H groups in total. The first-order chi connectivity index (χ1) is 10.0. The number of hydrogen-bond acceptors (Lipinski definition) is 3. The fraction of sp³-hybridized carbons (Fsp3) is 0.500. The molecule has 0 radical (unpaired) electrons. The molecule has 0 bridgehead atoms. The highest BCUT2D eigenvalue weighted by molar-refractivity contribution is 5.82. The molecule has 2 rings (SSSR count). The zero-order chi connectivity index (χ0) is 15.4. The molecule has 0 saturated carbocycles. The minimum Gasteiger partial charge on any atom is -0.453 e. The first-order valence-corrected chi connectivity index (χ1v) is 7.21. The van der Waals surface area contributed by atoms with Crippen LogP contribution in [0, 0.1) is 13.8 Å². The van der Waals surface area contributed by atoms with Gasteiger partial charge in [-0.05, 0) is 43.4 Å². The fourth-order valence-electron chi connectivity index (χ4n) is 2.71. The number of aryl methyl sites for hydroxylation is 2. The molecule has 0 aliphatic carbocycles. The lowest BCUT2D eigenvalue weighted by molar-refractivity contribution is -0.131. The van der Waals surface area contributed by atoms with Crippen LogP contribution < -0.4 is 5.32 Å². The lowest BCUT2D eigenvalue weighted by Gasteiger charge is -2.25. The summed E-state index contributed by atoms with van der Waals surface area (Å²) in [5.74, 6) is -0.0684. The van der Waals surface area contributed by atoms with Gasteiger partial charge in [-0.15, -0.1) is 0 Å². The Labute approximate surface area is 125 Å². The van der Waals surface area contributed by atoms with Gasteiger partial charge in [0.05, 0.1) is 13.2 Å². The van der Waals surface area contributed by atoms with E-state index in [0.29, 0.717) is 0 Å². The smallest absolute Gasteiger partial charge is 0.407 e. The molecule has 1 heterocycles. The van der Waals surface area contributed by atoms with Crippen molar-refractivity contribution >= 4 is 12.0 Å². The topological polar surface area (TPSA) is 58.6 Å². The van der Waals surface area contributed by atoms with Crippen LogP contribution in [0.25, 0.3) is 0 Å². The first-order valence-electron chi connectivity index (χ1n) is 7.21. The Morgan fingerprint density at radius 1 is 1.33 bits per heavy atom. The second-order valence-electron chi connectivity index (χ2n) is 5.43. The number of nitrogens with zero attached hydrogens (tertiary/aromatic N) is 1. The fourth-order valence-corrected chi connectivity index (χ4v) is 2.71. The predicted molar refractivity (Wildman–Crippen MR) is 80.0 cm³/mol. The van der Waals surface area contributed by atoms with Crippen LogP contribution in [0.2, 0.25) is 0 Å². The number of nitrogens with one attached hydrogen (secondary N) is 1. The number of carbonyl (C=O) groups is 2. The number of methoxy groups -OCH3 is 1. The zero-order valence-electron chi connectivity index (χ0n) is 12.8. The van der Waals surface area contributed by atoms with Crippen molar-refractivity contribution in [1.29, 1.82) is 0 Å². The number of hydrogen-bond donors (Lipinski definition) is 1. The summed E-state index contributed by atoms with van der Waals surface area (Å²) in [6.45, 7) is 4.88. The lowest BCUT2D eigenvalue weighted by Crippen LogP contribution is -2.39. The Bertz CT molecular complexity index is 542. The Morgan fingerprint density at radius 2 is 2.10 bits per heavy atom. The molecule has 1 saturated heterocycles. The van der Waals surface area contributed by atoms with Gasteiger partial charge in [-0.25, -0.2) is 4.79 Å². The van der Waals surface area contributed by atoms with Crippen LogP contribution in [0.15, 0.2) is 18.2 Å². The maximum absolute atomic E-state index is 12.3. The third kappa shape index (κ3) is 3.54. The van der Waals surface area contributed by atoms with Crippen LogP contribution in [0.4, 0.5) is 4.79 Å². The van der Waals surface area contributed by atoms with Gasteiger partial charge in [0.25, 0.3) is 0 Å². The highest BCUT2D eigenvalue weighted by atomic mass is 16.5. The summed E-state index contributed by atoms with van der Waals surface area (Å²) in [7, 11) is 1.29. The van der Waals surface area contributed by atoms with E-state index in [1.165, 1.54) is 23.8 Å². The van der Waals surface area contributed by atoms with Crippen molar-refractivity contribution in [2.75, 3.05) is 20.2 Å². The maximum Gasteiger partial charge on any atom is 0.407 e. The van der Waals surface area contributed by atoms with E-state index in [1.807, 2.05) is 4.90 Å². The normalized spacial score (nSPS) is 17.7. The summed E-state index contributed by atoms with van der Waals surface area (Å²) in [5.41, 5.74) is 3.66. The first kappa shape index (κ1) is 15.4. The lowest BCUT2D eigenvalue weighted by atomic mass is 9.99. The molecule has 0 unspecified atom stereocenters. The number of likely N-dealkylation sites (tertiary alicyclic amines) is 1. The summed E-state index contributed by atoms with van der Waals surface area (Å²) < 4.78 is 4.48. The molecule has 5 nitrogen and oxygen atoms in total. The highest BCUT2D eigenvalue weighted by Crippen LogP contribution is 2.32. The number of amides is 2.